The Balaban J connectivity index is 2.73. The van der Waals surface area contributed by atoms with Crippen LogP contribution in [0.25, 0.3) is 0 Å². The molecule has 0 nitrogen and oxygen atoms in total. The Morgan fingerprint density at radius 3 is 2.78 bits per heavy atom. The van der Waals surface area contributed by atoms with Crippen LogP contribution < -0.4 is 0 Å². The van der Waals surface area contributed by atoms with Crippen molar-refractivity contribution >= 4 is 11.6 Å². The lowest BCUT2D eigenvalue weighted by Crippen LogP contribution is -2.15. The summed E-state index contributed by atoms with van der Waals surface area (Å²) >= 11 is 5.57. The SMILES string of the molecule is CC1(F)C=CC=C(Cl)C1. The zero-order valence-electron chi connectivity index (χ0n) is 5.20. The smallest absolute Gasteiger partial charge is 0.131 e. The third-order valence-electron chi connectivity index (χ3n) is 1.24. The molecule has 0 bridgehead atoms. The second kappa shape index (κ2) is 2.14. The number of rotatable bonds is 0. The topological polar surface area (TPSA) is 0 Å². The number of halogens is 2. The van der Waals surface area contributed by atoms with E-state index < -0.39 is 5.67 Å². The third kappa shape index (κ3) is 1.83. The molecule has 0 aromatic rings. The Bertz CT molecular complexity index is 168. The highest BCUT2D eigenvalue weighted by Gasteiger charge is 2.21. The van der Waals surface area contributed by atoms with Gasteiger partial charge in [0.1, 0.15) is 5.67 Å². The highest BCUT2D eigenvalue weighted by molar-refractivity contribution is 6.29. The predicted molar refractivity (Wildman–Crippen MR) is 37.2 cm³/mol. The molecule has 0 fully saturated rings. The van der Waals surface area contributed by atoms with Crippen molar-refractivity contribution < 1.29 is 4.39 Å². The molecule has 50 valence electrons. The summed E-state index contributed by atoms with van der Waals surface area (Å²) in [5.74, 6) is 0. The normalized spacial score (nSPS) is 34.3. The van der Waals surface area contributed by atoms with Gasteiger partial charge in [0.2, 0.25) is 0 Å². The molecule has 0 aliphatic heterocycles. The summed E-state index contributed by atoms with van der Waals surface area (Å²) in [6.07, 6.45) is 5.18. The minimum Gasteiger partial charge on any atom is -0.239 e. The summed E-state index contributed by atoms with van der Waals surface area (Å²) < 4.78 is 12.9. The van der Waals surface area contributed by atoms with Crippen LogP contribution in [-0.2, 0) is 0 Å². The van der Waals surface area contributed by atoms with Crippen LogP contribution in [0.5, 0.6) is 0 Å². The molecule has 1 atom stereocenters. The molecule has 0 heterocycles. The van der Waals surface area contributed by atoms with Gasteiger partial charge >= 0.3 is 0 Å². The van der Waals surface area contributed by atoms with Crippen molar-refractivity contribution in [3.8, 4) is 0 Å². The predicted octanol–water partition coefficient (Wildman–Crippen LogP) is 2.80. The first kappa shape index (κ1) is 6.81. The van der Waals surface area contributed by atoms with Crippen molar-refractivity contribution in [2.24, 2.45) is 0 Å². The molecule has 0 saturated carbocycles. The molecule has 1 unspecified atom stereocenters. The highest BCUT2D eigenvalue weighted by Crippen LogP contribution is 2.27. The van der Waals surface area contributed by atoms with Crippen LogP contribution in [0.1, 0.15) is 13.3 Å². The average molecular weight is 147 g/mol. The van der Waals surface area contributed by atoms with Crippen molar-refractivity contribution in [1.82, 2.24) is 0 Å². The lowest BCUT2D eigenvalue weighted by molar-refractivity contribution is 0.258. The van der Waals surface area contributed by atoms with Crippen molar-refractivity contribution in [1.29, 1.82) is 0 Å². The lowest BCUT2D eigenvalue weighted by Gasteiger charge is -2.17. The first-order chi connectivity index (χ1) is 4.10. The van der Waals surface area contributed by atoms with Crippen LogP contribution in [0.3, 0.4) is 0 Å². The van der Waals surface area contributed by atoms with Gasteiger partial charge in [0.25, 0.3) is 0 Å². The molecule has 0 N–H and O–H groups in total. The molecule has 9 heavy (non-hydrogen) atoms. The van der Waals surface area contributed by atoms with Gasteiger partial charge in [-0.1, -0.05) is 17.7 Å². The van der Waals surface area contributed by atoms with Gasteiger partial charge in [0.05, 0.1) is 0 Å². The van der Waals surface area contributed by atoms with Gasteiger partial charge in [-0.05, 0) is 19.1 Å². The second-order valence-corrected chi connectivity index (χ2v) is 2.91. The summed E-state index contributed by atoms with van der Waals surface area (Å²) in [5, 5.41) is 0.586. The van der Waals surface area contributed by atoms with Crippen LogP contribution in [0.2, 0.25) is 0 Å². The molecule has 1 aliphatic carbocycles. The van der Waals surface area contributed by atoms with Gasteiger partial charge in [0.15, 0.2) is 0 Å². The summed E-state index contributed by atoms with van der Waals surface area (Å²) in [6, 6.07) is 0. The van der Waals surface area contributed by atoms with Crippen molar-refractivity contribution in [3.63, 3.8) is 0 Å². The van der Waals surface area contributed by atoms with Crippen molar-refractivity contribution in [3.05, 3.63) is 23.3 Å². The standard InChI is InChI=1S/C7H8ClF/c1-7(9)4-2-3-6(8)5-7/h2-4H,5H2,1H3. The number of hydrogen-bond donors (Lipinski definition) is 0. The third-order valence-corrected chi connectivity index (χ3v) is 1.49. The maximum absolute atomic E-state index is 12.9. The minimum atomic E-state index is -1.23. The molecule has 1 aliphatic rings. The highest BCUT2D eigenvalue weighted by atomic mass is 35.5. The van der Waals surface area contributed by atoms with Crippen molar-refractivity contribution in [2.75, 3.05) is 0 Å². The van der Waals surface area contributed by atoms with Crippen LogP contribution in [0.15, 0.2) is 23.3 Å². The van der Waals surface area contributed by atoms with E-state index in [2.05, 4.69) is 0 Å². The fraction of sp³-hybridized carbons (Fsp3) is 0.429. The maximum Gasteiger partial charge on any atom is 0.131 e. The molecule has 0 aromatic heterocycles. The monoisotopic (exact) mass is 146 g/mol. The van der Waals surface area contributed by atoms with E-state index in [0.717, 1.165) is 0 Å². The van der Waals surface area contributed by atoms with E-state index in [1.54, 1.807) is 12.2 Å². The molecule has 0 aromatic carbocycles. The Labute approximate surface area is 59.0 Å². The van der Waals surface area contributed by atoms with E-state index in [9.17, 15) is 4.39 Å². The quantitative estimate of drug-likeness (QED) is 0.493. The van der Waals surface area contributed by atoms with Gasteiger partial charge in [-0.2, -0.15) is 0 Å². The first-order valence-electron chi connectivity index (χ1n) is 2.83. The molecule has 2 heteroatoms. The van der Waals surface area contributed by atoms with E-state index in [4.69, 9.17) is 11.6 Å². The fourth-order valence-electron chi connectivity index (χ4n) is 0.801. The Hall–Kier alpha value is -0.300. The molecule has 0 amide bonds. The van der Waals surface area contributed by atoms with Gasteiger partial charge in [-0.3, -0.25) is 0 Å². The Morgan fingerprint density at radius 1 is 1.78 bits per heavy atom. The number of alkyl halides is 1. The molecular weight excluding hydrogens is 139 g/mol. The largest absolute Gasteiger partial charge is 0.239 e. The summed E-state index contributed by atoms with van der Waals surface area (Å²) in [5.41, 5.74) is -1.23. The van der Waals surface area contributed by atoms with E-state index >= 15 is 0 Å². The Kier molecular flexibility index (Phi) is 1.62. The zero-order valence-corrected chi connectivity index (χ0v) is 5.95. The van der Waals surface area contributed by atoms with E-state index in [-0.39, 0.29) is 0 Å². The van der Waals surface area contributed by atoms with Crippen LogP contribution in [0, 0.1) is 0 Å². The number of hydrogen-bond acceptors (Lipinski definition) is 0. The Morgan fingerprint density at radius 2 is 2.44 bits per heavy atom. The average Bonchev–Trinajstić information content (AvgIpc) is 1.60. The molecule has 0 spiro atoms. The summed E-state index contributed by atoms with van der Waals surface area (Å²) in [4.78, 5) is 0. The zero-order chi connectivity index (χ0) is 6.91. The minimum absolute atomic E-state index is 0.311. The van der Waals surface area contributed by atoms with Gasteiger partial charge in [-0.15, -0.1) is 0 Å². The second-order valence-electron chi connectivity index (χ2n) is 2.43. The molecule has 0 saturated heterocycles. The first-order valence-corrected chi connectivity index (χ1v) is 3.21. The van der Waals surface area contributed by atoms with Gasteiger partial charge < -0.3 is 0 Å². The molecule has 1 rings (SSSR count). The molecular formula is C7H8ClF. The van der Waals surface area contributed by atoms with Crippen LogP contribution in [-0.4, -0.2) is 5.67 Å². The maximum atomic E-state index is 12.9. The van der Waals surface area contributed by atoms with Gasteiger partial charge in [0, 0.05) is 11.5 Å². The van der Waals surface area contributed by atoms with E-state index in [1.807, 2.05) is 0 Å². The number of allylic oxidation sites excluding steroid dienone is 4. The van der Waals surface area contributed by atoms with Gasteiger partial charge in [-0.25, -0.2) is 4.39 Å². The molecule has 0 radical (unpaired) electrons. The van der Waals surface area contributed by atoms with E-state index in [1.165, 1.54) is 13.0 Å². The summed E-state index contributed by atoms with van der Waals surface area (Å²) in [6.45, 7) is 1.51. The lowest BCUT2D eigenvalue weighted by atomic mass is 10.0. The van der Waals surface area contributed by atoms with Crippen LogP contribution >= 0.6 is 11.6 Å². The fourth-order valence-corrected chi connectivity index (χ4v) is 1.14. The van der Waals surface area contributed by atoms with E-state index in [0.29, 0.717) is 11.5 Å². The van der Waals surface area contributed by atoms with Crippen molar-refractivity contribution in [2.45, 2.75) is 19.0 Å². The summed E-state index contributed by atoms with van der Waals surface area (Å²) in [7, 11) is 0. The van der Waals surface area contributed by atoms with Crippen LogP contribution in [0.4, 0.5) is 4.39 Å².